The van der Waals surface area contributed by atoms with Gasteiger partial charge in [0.05, 0.1) is 6.04 Å². The normalized spacial score (nSPS) is 21.2. The van der Waals surface area contributed by atoms with Crippen LogP contribution in [0.5, 0.6) is 0 Å². The molecule has 0 spiro atoms. The standard InChI is InChI=1S/C20H30N6O7/c1-10(2)15(22-19(30)33-20(4,5)6)17(28)31-9-13-12(24-25-21)7-14(32-13)26-8-11(3)16(27)23-18(26)29/h8,10,12-15H,7,9H2,1-6H3,(H,22,30)(H,23,27,29)/t12-,13+,14+,15-/m0/s1. The molecule has 0 radical (unpaired) electrons. The molecule has 1 aliphatic rings. The zero-order chi connectivity index (χ0) is 24.9. The van der Waals surface area contributed by atoms with Gasteiger partial charge in [-0.15, -0.1) is 0 Å². The quantitative estimate of drug-likeness (QED) is 0.267. The number of rotatable bonds is 7. The molecule has 182 valence electrons. The minimum absolute atomic E-state index is 0.140. The van der Waals surface area contributed by atoms with Crippen molar-refractivity contribution in [3.05, 3.63) is 43.0 Å². The Morgan fingerprint density at radius 2 is 2.06 bits per heavy atom. The van der Waals surface area contributed by atoms with Crippen LogP contribution in [0.4, 0.5) is 4.79 Å². The molecule has 0 saturated carbocycles. The highest BCUT2D eigenvalue weighted by Gasteiger charge is 2.38. The highest BCUT2D eigenvalue weighted by molar-refractivity contribution is 5.81. The molecule has 1 aliphatic heterocycles. The van der Waals surface area contributed by atoms with E-state index < -0.39 is 53.3 Å². The fraction of sp³-hybridized carbons (Fsp3) is 0.700. The Labute approximate surface area is 190 Å². The average molecular weight is 466 g/mol. The van der Waals surface area contributed by atoms with E-state index in [-0.39, 0.29) is 18.9 Å². The van der Waals surface area contributed by atoms with E-state index in [0.717, 1.165) is 0 Å². The number of carbonyl (C=O) groups excluding carboxylic acids is 2. The van der Waals surface area contributed by atoms with Crippen LogP contribution in [0.15, 0.2) is 20.9 Å². The molecule has 2 rings (SSSR count). The number of amides is 1. The van der Waals surface area contributed by atoms with Crippen molar-refractivity contribution in [1.29, 1.82) is 0 Å². The number of nitrogens with one attached hydrogen (secondary N) is 2. The fourth-order valence-electron chi connectivity index (χ4n) is 3.21. The zero-order valence-electron chi connectivity index (χ0n) is 19.5. The molecule has 2 N–H and O–H groups in total. The summed E-state index contributed by atoms with van der Waals surface area (Å²) >= 11 is 0. The van der Waals surface area contributed by atoms with Gasteiger partial charge in [-0.25, -0.2) is 14.4 Å². The summed E-state index contributed by atoms with van der Waals surface area (Å²) in [5.41, 5.74) is 7.28. The minimum atomic E-state index is -0.973. The molecule has 1 aromatic rings. The first-order chi connectivity index (χ1) is 15.3. The Hall–Kier alpha value is -3.31. The Bertz CT molecular complexity index is 1030. The third-order valence-corrected chi connectivity index (χ3v) is 4.84. The maximum absolute atomic E-state index is 12.6. The maximum atomic E-state index is 12.6. The lowest BCUT2D eigenvalue weighted by Crippen LogP contribution is -2.47. The number of aromatic nitrogens is 2. The lowest BCUT2D eigenvalue weighted by atomic mass is 10.1. The van der Waals surface area contributed by atoms with Crippen molar-refractivity contribution in [3.8, 4) is 0 Å². The molecule has 0 aliphatic carbocycles. The molecular weight excluding hydrogens is 436 g/mol. The summed E-state index contributed by atoms with van der Waals surface area (Å²) in [5.74, 6) is -1.00. The van der Waals surface area contributed by atoms with E-state index in [0.29, 0.717) is 5.56 Å². The van der Waals surface area contributed by atoms with E-state index in [1.165, 1.54) is 17.7 Å². The smallest absolute Gasteiger partial charge is 0.408 e. The second-order valence-corrected chi connectivity index (χ2v) is 9.11. The van der Waals surface area contributed by atoms with Crippen molar-refractivity contribution in [2.24, 2.45) is 11.0 Å². The monoisotopic (exact) mass is 466 g/mol. The lowest BCUT2D eigenvalue weighted by molar-refractivity contribution is -0.152. The average Bonchev–Trinajstić information content (AvgIpc) is 3.08. The van der Waals surface area contributed by atoms with Gasteiger partial charge in [0.1, 0.15) is 30.6 Å². The highest BCUT2D eigenvalue weighted by atomic mass is 16.6. The molecule has 1 fully saturated rings. The first-order valence-corrected chi connectivity index (χ1v) is 10.5. The lowest BCUT2D eigenvalue weighted by Gasteiger charge is -2.25. The number of azide groups is 1. The number of nitrogens with zero attached hydrogens (tertiary/aromatic N) is 4. The van der Waals surface area contributed by atoms with Crippen LogP contribution in [0.25, 0.3) is 10.4 Å². The molecule has 13 heteroatoms. The van der Waals surface area contributed by atoms with Crippen molar-refractivity contribution in [1.82, 2.24) is 14.9 Å². The van der Waals surface area contributed by atoms with Gasteiger partial charge in [0.2, 0.25) is 0 Å². The summed E-state index contributed by atoms with van der Waals surface area (Å²) in [6.07, 6.45) is -0.916. The Kier molecular flexibility index (Phi) is 8.29. The molecule has 13 nitrogen and oxygen atoms in total. The highest BCUT2D eigenvalue weighted by Crippen LogP contribution is 2.30. The Balaban J connectivity index is 2.09. The van der Waals surface area contributed by atoms with Crippen LogP contribution in [0.2, 0.25) is 0 Å². The maximum Gasteiger partial charge on any atom is 0.408 e. The van der Waals surface area contributed by atoms with Crippen molar-refractivity contribution >= 4 is 12.1 Å². The largest absolute Gasteiger partial charge is 0.461 e. The van der Waals surface area contributed by atoms with E-state index in [2.05, 4.69) is 20.3 Å². The number of hydrogen-bond acceptors (Lipinski definition) is 8. The summed E-state index contributed by atoms with van der Waals surface area (Å²) in [4.78, 5) is 53.5. The molecule has 0 unspecified atom stereocenters. The summed E-state index contributed by atoms with van der Waals surface area (Å²) in [5, 5.41) is 6.18. The summed E-state index contributed by atoms with van der Waals surface area (Å²) in [7, 11) is 0. The van der Waals surface area contributed by atoms with Crippen LogP contribution in [-0.2, 0) is 19.0 Å². The first-order valence-electron chi connectivity index (χ1n) is 10.5. The van der Waals surface area contributed by atoms with Crippen LogP contribution in [0.1, 0.15) is 52.8 Å². The molecule has 0 aromatic carbocycles. The number of H-pyrrole nitrogens is 1. The van der Waals surface area contributed by atoms with E-state index in [1.54, 1.807) is 34.6 Å². The van der Waals surface area contributed by atoms with Gasteiger partial charge < -0.3 is 19.5 Å². The van der Waals surface area contributed by atoms with Gasteiger partial charge in [-0.05, 0) is 39.1 Å². The number of aromatic amines is 1. The third-order valence-electron chi connectivity index (χ3n) is 4.84. The number of esters is 1. The van der Waals surface area contributed by atoms with Gasteiger partial charge >= 0.3 is 17.8 Å². The molecular formula is C20H30N6O7. The Morgan fingerprint density at radius 1 is 1.39 bits per heavy atom. The molecule has 4 atom stereocenters. The van der Waals surface area contributed by atoms with Gasteiger partial charge in [-0.1, -0.05) is 19.0 Å². The summed E-state index contributed by atoms with van der Waals surface area (Å²) < 4.78 is 17.6. The zero-order valence-corrected chi connectivity index (χ0v) is 19.5. The molecule has 1 amide bonds. The Morgan fingerprint density at radius 3 is 2.64 bits per heavy atom. The number of carbonyl (C=O) groups is 2. The predicted octanol–water partition coefficient (Wildman–Crippen LogP) is 1.90. The van der Waals surface area contributed by atoms with E-state index in [4.69, 9.17) is 19.7 Å². The van der Waals surface area contributed by atoms with Crippen LogP contribution in [0, 0.1) is 12.8 Å². The van der Waals surface area contributed by atoms with Gasteiger partial charge in [0.25, 0.3) is 5.56 Å². The molecule has 2 heterocycles. The van der Waals surface area contributed by atoms with Gasteiger partial charge in [0, 0.05) is 23.1 Å². The van der Waals surface area contributed by atoms with Crippen LogP contribution < -0.4 is 16.6 Å². The summed E-state index contributed by atoms with van der Waals surface area (Å²) in [6, 6.07) is -1.69. The molecule has 33 heavy (non-hydrogen) atoms. The fourth-order valence-corrected chi connectivity index (χ4v) is 3.21. The van der Waals surface area contributed by atoms with Gasteiger partial charge in [-0.2, -0.15) is 0 Å². The molecule has 1 aromatic heterocycles. The first kappa shape index (κ1) is 25.9. The van der Waals surface area contributed by atoms with Crippen LogP contribution in [-0.4, -0.2) is 52.0 Å². The predicted molar refractivity (Wildman–Crippen MR) is 116 cm³/mol. The van der Waals surface area contributed by atoms with Gasteiger partial charge in [-0.3, -0.25) is 14.3 Å². The second-order valence-electron chi connectivity index (χ2n) is 9.11. The van der Waals surface area contributed by atoms with E-state index in [1.807, 2.05) is 0 Å². The molecule has 0 bridgehead atoms. The minimum Gasteiger partial charge on any atom is -0.461 e. The number of aryl methyl sites for hydroxylation is 1. The summed E-state index contributed by atoms with van der Waals surface area (Å²) in [6.45, 7) is 9.85. The molecule has 1 saturated heterocycles. The van der Waals surface area contributed by atoms with E-state index >= 15 is 0 Å². The number of ether oxygens (including phenoxy) is 3. The number of alkyl carbamates (subject to hydrolysis) is 1. The van der Waals surface area contributed by atoms with Crippen LogP contribution in [0.3, 0.4) is 0 Å². The topological polar surface area (TPSA) is 177 Å². The van der Waals surface area contributed by atoms with E-state index in [9.17, 15) is 19.2 Å². The van der Waals surface area contributed by atoms with Crippen molar-refractivity contribution in [2.75, 3.05) is 6.61 Å². The van der Waals surface area contributed by atoms with Crippen LogP contribution >= 0.6 is 0 Å². The van der Waals surface area contributed by atoms with Crippen molar-refractivity contribution < 1.29 is 23.8 Å². The van der Waals surface area contributed by atoms with Crippen molar-refractivity contribution in [2.45, 2.75) is 78.0 Å². The van der Waals surface area contributed by atoms with Crippen molar-refractivity contribution in [3.63, 3.8) is 0 Å². The third kappa shape index (κ3) is 7.09. The number of hydrogen-bond donors (Lipinski definition) is 2. The van der Waals surface area contributed by atoms with Gasteiger partial charge in [0.15, 0.2) is 0 Å². The SMILES string of the molecule is Cc1cn([C@H]2C[C@H](N=[N+]=[N-])[C@@H](COC(=O)[C@@H](NC(=O)OC(C)(C)C)C(C)C)O2)c(=O)[nH]c1=O. The second kappa shape index (κ2) is 10.5.